The summed E-state index contributed by atoms with van der Waals surface area (Å²) in [5.41, 5.74) is -0.663. The minimum absolute atomic E-state index is 0.296. The fraction of sp³-hybridized carbons (Fsp3) is 0.636. The number of nitrogens with one attached hydrogen (secondary N) is 1. The summed E-state index contributed by atoms with van der Waals surface area (Å²) in [5, 5.41) is 11.0. The Kier molecular flexibility index (Phi) is 6.19. The molecule has 0 bridgehead atoms. The maximum Gasteiger partial charge on any atom is 0.329 e. The predicted molar refractivity (Wildman–Crippen MR) is 58.7 cm³/mol. The summed E-state index contributed by atoms with van der Waals surface area (Å²) >= 11 is 0. The number of carboxylic acids is 1. The van der Waals surface area contributed by atoms with Crippen molar-refractivity contribution in [2.75, 3.05) is 13.2 Å². The van der Waals surface area contributed by atoms with E-state index in [4.69, 9.17) is 11.5 Å². The average molecular weight is 227 g/mol. The number of ether oxygens (including phenoxy) is 1. The minimum Gasteiger partial charge on any atom is -0.480 e. The highest BCUT2D eigenvalue weighted by atomic mass is 16.5. The van der Waals surface area contributed by atoms with Gasteiger partial charge in [0.1, 0.15) is 18.8 Å². The van der Waals surface area contributed by atoms with Crippen LogP contribution in [0.5, 0.6) is 0 Å². The maximum atomic E-state index is 11.4. The molecule has 0 aliphatic heterocycles. The van der Waals surface area contributed by atoms with Gasteiger partial charge in [-0.25, -0.2) is 4.79 Å². The molecule has 0 heterocycles. The largest absolute Gasteiger partial charge is 0.480 e. The minimum atomic E-state index is -1.11. The SMILES string of the molecule is C#CC(CC)(CC)NC(=O)COCC(=O)O. The smallest absolute Gasteiger partial charge is 0.329 e. The van der Waals surface area contributed by atoms with Gasteiger partial charge in [0.2, 0.25) is 5.91 Å². The van der Waals surface area contributed by atoms with Gasteiger partial charge in [-0.1, -0.05) is 19.8 Å². The molecule has 2 N–H and O–H groups in total. The van der Waals surface area contributed by atoms with Crippen LogP contribution in [0.25, 0.3) is 0 Å². The number of amides is 1. The summed E-state index contributed by atoms with van der Waals surface area (Å²) in [6.45, 7) is 2.97. The third-order valence-electron chi connectivity index (χ3n) is 2.32. The molecule has 0 saturated heterocycles. The molecule has 0 atom stereocenters. The summed E-state index contributed by atoms with van der Waals surface area (Å²) in [7, 11) is 0. The van der Waals surface area contributed by atoms with Crippen molar-refractivity contribution in [2.24, 2.45) is 0 Å². The van der Waals surface area contributed by atoms with Crippen molar-refractivity contribution in [3.05, 3.63) is 0 Å². The molecule has 0 spiro atoms. The van der Waals surface area contributed by atoms with Crippen LogP contribution in [-0.4, -0.2) is 35.7 Å². The fourth-order valence-corrected chi connectivity index (χ4v) is 1.20. The molecule has 0 saturated carbocycles. The van der Waals surface area contributed by atoms with Gasteiger partial charge in [0.15, 0.2) is 0 Å². The van der Waals surface area contributed by atoms with Gasteiger partial charge in [-0.15, -0.1) is 6.42 Å². The van der Waals surface area contributed by atoms with Crippen LogP contribution in [0.1, 0.15) is 26.7 Å². The second kappa shape index (κ2) is 6.85. The molecule has 0 aromatic carbocycles. The van der Waals surface area contributed by atoms with Gasteiger partial charge in [-0.3, -0.25) is 4.79 Å². The third kappa shape index (κ3) is 4.80. The van der Waals surface area contributed by atoms with E-state index in [-0.39, 0.29) is 6.61 Å². The first-order chi connectivity index (χ1) is 7.49. The molecule has 1 amide bonds. The first-order valence-corrected chi connectivity index (χ1v) is 5.08. The highest BCUT2D eigenvalue weighted by Gasteiger charge is 2.25. The zero-order valence-corrected chi connectivity index (χ0v) is 9.58. The van der Waals surface area contributed by atoms with Crippen LogP contribution in [-0.2, 0) is 14.3 Å². The second-order valence-electron chi connectivity index (χ2n) is 3.37. The Morgan fingerprint density at radius 2 is 1.94 bits per heavy atom. The van der Waals surface area contributed by atoms with Crippen LogP contribution in [0.4, 0.5) is 0 Å². The highest BCUT2D eigenvalue weighted by Crippen LogP contribution is 2.13. The van der Waals surface area contributed by atoms with Gasteiger partial charge in [0, 0.05) is 0 Å². The van der Waals surface area contributed by atoms with Gasteiger partial charge < -0.3 is 15.2 Å². The summed E-state index contributed by atoms with van der Waals surface area (Å²) in [6, 6.07) is 0. The van der Waals surface area contributed by atoms with Crippen molar-refractivity contribution < 1.29 is 19.4 Å². The quantitative estimate of drug-likeness (QED) is 0.617. The summed E-state index contributed by atoms with van der Waals surface area (Å²) < 4.78 is 4.66. The molecule has 5 nitrogen and oxygen atoms in total. The maximum absolute atomic E-state index is 11.4. The lowest BCUT2D eigenvalue weighted by Crippen LogP contribution is -2.47. The average Bonchev–Trinajstić information content (AvgIpc) is 2.25. The Labute approximate surface area is 95.2 Å². The normalized spacial score (nSPS) is 10.6. The van der Waals surface area contributed by atoms with Crippen molar-refractivity contribution in [3.63, 3.8) is 0 Å². The lowest BCUT2D eigenvalue weighted by atomic mass is 9.94. The van der Waals surface area contributed by atoms with E-state index in [2.05, 4.69) is 16.0 Å². The molecule has 0 aromatic heterocycles. The molecular weight excluding hydrogens is 210 g/mol. The van der Waals surface area contributed by atoms with E-state index >= 15 is 0 Å². The molecule has 16 heavy (non-hydrogen) atoms. The molecular formula is C11H17NO4. The number of terminal acetylenes is 1. The van der Waals surface area contributed by atoms with Gasteiger partial charge in [0.25, 0.3) is 0 Å². The van der Waals surface area contributed by atoms with E-state index in [0.717, 1.165) is 0 Å². The summed E-state index contributed by atoms with van der Waals surface area (Å²) in [4.78, 5) is 21.5. The Morgan fingerprint density at radius 1 is 1.38 bits per heavy atom. The Bertz CT molecular complexity index is 289. The highest BCUT2D eigenvalue weighted by molar-refractivity contribution is 5.79. The Morgan fingerprint density at radius 3 is 2.31 bits per heavy atom. The van der Waals surface area contributed by atoms with E-state index in [1.54, 1.807) is 0 Å². The van der Waals surface area contributed by atoms with Crippen LogP contribution < -0.4 is 5.32 Å². The van der Waals surface area contributed by atoms with E-state index in [9.17, 15) is 9.59 Å². The van der Waals surface area contributed by atoms with E-state index in [1.807, 2.05) is 13.8 Å². The topological polar surface area (TPSA) is 75.6 Å². The van der Waals surface area contributed by atoms with Crippen molar-refractivity contribution in [1.82, 2.24) is 5.32 Å². The van der Waals surface area contributed by atoms with Crippen molar-refractivity contribution >= 4 is 11.9 Å². The molecule has 0 unspecified atom stereocenters. The molecule has 0 rings (SSSR count). The van der Waals surface area contributed by atoms with Crippen LogP contribution in [0.15, 0.2) is 0 Å². The molecule has 0 radical (unpaired) electrons. The lowest BCUT2D eigenvalue weighted by molar-refractivity contribution is -0.143. The van der Waals surface area contributed by atoms with E-state index in [1.165, 1.54) is 0 Å². The van der Waals surface area contributed by atoms with Crippen molar-refractivity contribution in [1.29, 1.82) is 0 Å². The fourth-order valence-electron chi connectivity index (χ4n) is 1.20. The number of hydrogen-bond donors (Lipinski definition) is 2. The first-order valence-electron chi connectivity index (χ1n) is 5.08. The molecule has 0 aromatic rings. The number of aliphatic carboxylic acids is 1. The van der Waals surface area contributed by atoms with E-state index < -0.39 is 24.0 Å². The predicted octanol–water partition coefficient (Wildman–Crippen LogP) is 0.396. The van der Waals surface area contributed by atoms with Crippen LogP contribution in [0, 0.1) is 12.3 Å². The van der Waals surface area contributed by atoms with E-state index in [0.29, 0.717) is 12.8 Å². The number of carbonyl (C=O) groups is 2. The number of carbonyl (C=O) groups excluding carboxylic acids is 1. The first kappa shape index (κ1) is 14.5. The number of rotatable bonds is 7. The van der Waals surface area contributed by atoms with Gasteiger partial charge in [-0.2, -0.15) is 0 Å². The van der Waals surface area contributed by atoms with Crippen LogP contribution in [0.3, 0.4) is 0 Å². The van der Waals surface area contributed by atoms with Crippen molar-refractivity contribution in [2.45, 2.75) is 32.2 Å². The zero-order valence-electron chi connectivity index (χ0n) is 9.58. The zero-order chi connectivity index (χ0) is 12.6. The summed E-state index contributed by atoms with van der Waals surface area (Å²) in [5.74, 6) is 1.03. The molecule has 0 aliphatic carbocycles. The van der Waals surface area contributed by atoms with Gasteiger partial charge in [0.05, 0.1) is 0 Å². The monoisotopic (exact) mass is 227 g/mol. The molecule has 0 aliphatic rings. The van der Waals surface area contributed by atoms with Crippen molar-refractivity contribution in [3.8, 4) is 12.3 Å². The number of carboxylic acid groups (broad SMARTS) is 1. The molecule has 90 valence electrons. The van der Waals surface area contributed by atoms with Crippen LogP contribution in [0.2, 0.25) is 0 Å². The van der Waals surface area contributed by atoms with Gasteiger partial charge >= 0.3 is 5.97 Å². The standard InChI is InChI=1S/C11H17NO4/c1-4-11(5-2,6-3)12-9(13)7-16-8-10(14)15/h1H,5-8H2,2-3H3,(H,12,13)(H,14,15). The second-order valence-corrected chi connectivity index (χ2v) is 3.37. The Hall–Kier alpha value is -1.54. The van der Waals surface area contributed by atoms with Gasteiger partial charge in [-0.05, 0) is 12.8 Å². The lowest BCUT2D eigenvalue weighted by Gasteiger charge is -2.26. The van der Waals surface area contributed by atoms with Crippen LogP contribution >= 0.6 is 0 Å². The molecule has 5 heteroatoms. The Balaban J connectivity index is 4.12. The third-order valence-corrected chi connectivity index (χ3v) is 2.32. The molecule has 0 fully saturated rings. The number of hydrogen-bond acceptors (Lipinski definition) is 3. The summed E-state index contributed by atoms with van der Waals surface area (Å²) in [6.07, 6.45) is 6.59.